The van der Waals surface area contributed by atoms with Crippen molar-refractivity contribution in [3.8, 4) is 0 Å². The van der Waals surface area contributed by atoms with Gasteiger partial charge in [0.1, 0.15) is 0 Å². The van der Waals surface area contributed by atoms with Gasteiger partial charge in [-0.05, 0) is 42.0 Å². The molecule has 2 aromatic rings. The van der Waals surface area contributed by atoms with Crippen LogP contribution in [0.15, 0.2) is 57.9 Å². The van der Waals surface area contributed by atoms with Gasteiger partial charge in [0, 0.05) is 22.0 Å². The van der Waals surface area contributed by atoms with Gasteiger partial charge < -0.3 is 11.5 Å². The largest absolute Gasteiger partial charge is 0.329 e. The van der Waals surface area contributed by atoms with Crippen molar-refractivity contribution in [1.29, 1.82) is 0 Å². The summed E-state index contributed by atoms with van der Waals surface area (Å²) in [5.41, 5.74) is 12.0. The molecule has 1 aliphatic carbocycles. The zero-order valence-corrected chi connectivity index (χ0v) is 15.3. The number of halogens is 2. The zero-order valence-electron chi connectivity index (χ0n) is 12.1. The van der Waals surface area contributed by atoms with Crippen LogP contribution in [0.2, 0.25) is 5.02 Å². The number of benzene rings is 2. The molecule has 2 aromatic carbocycles. The summed E-state index contributed by atoms with van der Waals surface area (Å²) in [6.45, 7) is 0.102. The second-order valence-corrected chi connectivity index (χ2v) is 9.19. The van der Waals surface area contributed by atoms with Gasteiger partial charge in [-0.25, -0.2) is 8.42 Å². The molecule has 4 N–H and O–H groups in total. The summed E-state index contributed by atoms with van der Waals surface area (Å²) in [5, 5.41) is -0.246. The van der Waals surface area contributed by atoms with Gasteiger partial charge in [-0.3, -0.25) is 0 Å². The lowest BCUT2D eigenvalue weighted by molar-refractivity contribution is 0.586. The minimum absolute atomic E-state index is 0.102. The molecule has 122 valence electrons. The molecule has 0 aliphatic heterocycles. The van der Waals surface area contributed by atoms with Crippen LogP contribution in [0.4, 0.5) is 0 Å². The van der Waals surface area contributed by atoms with Crippen molar-refractivity contribution in [2.24, 2.45) is 11.5 Å². The molecule has 0 aromatic heterocycles. The Bertz CT molecular complexity index is 824. The Morgan fingerprint density at radius 2 is 1.65 bits per heavy atom. The van der Waals surface area contributed by atoms with E-state index >= 15 is 0 Å². The van der Waals surface area contributed by atoms with Crippen molar-refractivity contribution >= 4 is 37.4 Å². The molecule has 0 saturated heterocycles. The topological polar surface area (TPSA) is 86.2 Å². The van der Waals surface area contributed by atoms with Crippen LogP contribution >= 0.6 is 27.5 Å². The lowest BCUT2D eigenvalue weighted by Crippen LogP contribution is -2.39. The Hall–Kier alpha value is -0.920. The fourth-order valence-electron chi connectivity index (χ4n) is 3.06. The summed E-state index contributed by atoms with van der Waals surface area (Å²) in [6, 6.07) is 13.6. The second kappa shape index (κ2) is 5.86. The summed E-state index contributed by atoms with van der Waals surface area (Å²) >= 11 is 9.21. The highest BCUT2D eigenvalue weighted by atomic mass is 79.9. The van der Waals surface area contributed by atoms with Crippen LogP contribution in [-0.2, 0) is 9.84 Å². The van der Waals surface area contributed by atoms with Gasteiger partial charge in [0.15, 0.2) is 9.84 Å². The van der Waals surface area contributed by atoms with Crippen LogP contribution in [0, 0.1) is 0 Å². The molecular weight excluding hydrogens is 400 g/mol. The molecule has 3 rings (SSSR count). The molecule has 0 spiro atoms. The predicted octanol–water partition coefficient (Wildman–Crippen LogP) is 2.70. The van der Waals surface area contributed by atoms with Gasteiger partial charge in [0.2, 0.25) is 0 Å². The van der Waals surface area contributed by atoms with E-state index in [1.54, 1.807) is 12.1 Å². The molecule has 0 unspecified atom stereocenters. The maximum Gasteiger partial charge on any atom is 0.183 e. The summed E-state index contributed by atoms with van der Waals surface area (Å²) in [4.78, 5) is 0.217. The third-order valence-corrected chi connectivity index (χ3v) is 7.45. The minimum atomic E-state index is -3.59. The normalized spacial score (nSPS) is 27.0. The molecule has 1 saturated carbocycles. The molecule has 0 heterocycles. The van der Waals surface area contributed by atoms with Crippen molar-refractivity contribution < 1.29 is 8.42 Å². The van der Waals surface area contributed by atoms with Crippen molar-refractivity contribution in [2.75, 3.05) is 6.54 Å². The summed E-state index contributed by atoms with van der Waals surface area (Å²) < 4.78 is 26.8. The van der Waals surface area contributed by atoms with E-state index in [1.165, 1.54) is 12.1 Å². The average molecular weight is 416 g/mol. The van der Waals surface area contributed by atoms with Gasteiger partial charge >= 0.3 is 0 Å². The summed E-state index contributed by atoms with van der Waals surface area (Å²) in [7, 11) is -3.59. The highest BCUT2D eigenvalue weighted by Gasteiger charge is 2.68. The summed E-state index contributed by atoms with van der Waals surface area (Å²) in [6.07, 6.45) is 0. The quantitative estimate of drug-likeness (QED) is 0.804. The maximum atomic E-state index is 12.9. The first-order valence-electron chi connectivity index (χ1n) is 7.04. The Kier molecular flexibility index (Phi) is 4.31. The first-order chi connectivity index (χ1) is 10.8. The van der Waals surface area contributed by atoms with Gasteiger partial charge in [-0.2, -0.15) is 0 Å². The standard InChI is InChI=1S/C16H16BrClN2O2S/c17-11-3-1-10(2-4-11)14-15(16(14,20)9-19)23(21,22)13-7-5-12(18)6-8-13/h1-8,14-15H,9,19-20H2/t14-,15+,16+/m1/s1. The number of hydrogen-bond acceptors (Lipinski definition) is 4. The van der Waals surface area contributed by atoms with E-state index < -0.39 is 20.6 Å². The van der Waals surface area contributed by atoms with Crippen molar-refractivity contribution in [3.05, 3.63) is 63.6 Å². The highest BCUT2D eigenvalue weighted by molar-refractivity contribution is 9.10. The zero-order chi connectivity index (χ0) is 16.8. The predicted molar refractivity (Wildman–Crippen MR) is 95.3 cm³/mol. The maximum absolute atomic E-state index is 12.9. The molecule has 3 atom stereocenters. The van der Waals surface area contributed by atoms with Gasteiger partial charge in [0.25, 0.3) is 0 Å². The van der Waals surface area contributed by atoms with E-state index in [0.29, 0.717) is 5.02 Å². The minimum Gasteiger partial charge on any atom is -0.329 e. The van der Waals surface area contributed by atoms with Gasteiger partial charge in [-0.1, -0.05) is 39.7 Å². The smallest absolute Gasteiger partial charge is 0.183 e. The highest BCUT2D eigenvalue weighted by Crippen LogP contribution is 2.55. The molecular formula is C16H16BrClN2O2S. The average Bonchev–Trinajstić information content (AvgIpc) is 3.16. The fraction of sp³-hybridized carbons (Fsp3) is 0.250. The van der Waals surface area contributed by atoms with Crippen LogP contribution in [-0.4, -0.2) is 25.8 Å². The first kappa shape index (κ1) is 16.9. The van der Waals surface area contributed by atoms with Crippen LogP contribution in [0.3, 0.4) is 0 Å². The molecule has 1 aliphatic rings. The number of hydrogen-bond donors (Lipinski definition) is 2. The molecule has 4 nitrogen and oxygen atoms in total. The van der Waals surface area contributed by atoms with Gasteiger partial charge in [-0.15, -0.1) is 0 Å². The van der Waals surface area contributed by atoms with Crippen LogP contribution in [0.25, 0.3) is 0 Å². The molecule has 23 heavy (non-hydrogen) atoms. The second-order valence-electron chi connectivity index (χ2n) is 5.77. The third-order valence-electron chi connectivity index (χ3n) is 4.36. The van der Waals surface area contributed by atoms with E-state index in [2.05, 4.69) is 15.9 Å². The third kappa shape index (κ3) is 2.83. The Balaban J connectivity index is 2.01. The van der Waals surface area contributed by atoms with Crippen LogP contribution in [0.1, 0.15) is 11.5 Å². The molecule has 1 fully saturated rings. The SMILES string of the molecule is NC[C@]1(N)[C@H](c2ccc(Br)cc2)[C@@H]1S(=O)(=O)c1ccc(Cl)cc1. The van der Waals surface area contributed by atoms with E-state index in [-0.39, 0.29) is 17.4 Å². The Morgan fingerprint density at radius 1 is 1.09 bits per heavy atom. The van der Waals surface area contributed by atoms with E-state index in [9.17, 15) is 8.42 Å². The molecule has 7 heteroatoms. The van der Waals surface area contributed by atoms with E-state index in [1.807, 2.05) is 24.3 Å². The molecule has 0 bridgehead atoms. The van der Waals surface area contributed by atoms with Gasteiger partial charge in [0.05, 0.1) is 15.7 Å². The first-order valence-corrected chi connectivity index (χ1v) is 9.76. The number of sulfone groups is 1. The van der Waals surface area contributed by atoms with Crippen LogP contribution < -0.4 is 11.5 Å². The van der Waals surface area contributed by atoms with Crippen molar-refractivity contribution in [1.82, 2.24) is 0 Å². The monoisotopic (exact) mass is 414 g/mol. The number of nitrogens with two attached hydrogens (primary N) is 2. The lowest BCUT2D eigenvalue weighted by atomic mass is 10.1. The molecule has 0 amide bonds. The number of rotatable bonds is 4. The lowest BCUT2D eigenvalue weighted by Gasteiger charge is -2.09. The van der Waals surface area contributed by atoms with Crippen molar-refractivity contribution in [3.63, 3.8) is 0 Å². The van der Waals surface area contributed by atoms with E-state index in [0.717, 1.165) is 10.0 Å². The summed E-state index contributed by atoms with van der Waals surface area (Å²) in [5.74, 6) is -0.318. The van der Waals surface area contributed by atoms with Crippen molar-refractivity contribution in [2.45, 2.75) is 21.6 Å². The fourth-order valence-corrected chi connectivity index (χ4v) is 5.77. The Labute approximate surface area is 148 Å². The van der Waals surface area contributed by atoms with E-state index in [4.69, 9.17) is 23.1 Å². The molecule has 0 radical (unpaired) electrons. The van der Waals surface area contributed by atoms with Crippen LogP contribution in [0.5, 0.6) is 0 Å². The Morgan fingerprint density at radius 3 is 2.17 bits per heavy atom.